The number of nitrogens with one attached hydrogen (secondary N) is 2. The first-order valence-electron chi connectivity index (χ1n) is 8.77. The number of para-hydroxylation sites is 3. The number of benzene rings is 2. The third-order valence-corrected chi connectivity index (χ3v) is 5.32. The molecule has 3 aromatic rings. The quantitative estimate of drug-likeness (QED) is 0.670. The number of aryl methyl sites for hydroxylation is 1. The second kappa shape index (κ2) is 6.84. The Bertz CT molecular complexity index is 860. The minimum atomic E-state index is 0.477. The number of likely N-dealkylation sites (tertiary alicyclic amines) is 1. The number of piperidine rings is 1. The van der Waals surface area contributed by atoms with Crippen molar-refractivity contribution >= 4 is 34.1 Å². The van der Waals surface area contributed by atoms with Gasteiger partial charge >= 0.3 is 0 Å². The number of aromatic amines is 1. The van der Waals surface area contributed by atoms with E-state index >= 15 is 0 Å². The highest BCUT2D eigenvalue weighted by Crippen LogP contribution is 2.28. The van der Waals surface area contributed by atoms with Crippen LogP contribution in [0.5, 0.6) is 0 Å². The Morgan fingerprint density at radius 3 is 2.60 bits per heavy atom. The van der Waals surface area contributed by atoms with E-state index in [9.17, 15) is 0 Å². The molecular weight excluding hydrogens is 328 g/mol. The number of nitrogens with zero attached hydrogens (tertiary/aromatic N) is 2. The minimum absolute atomic E-state index is 0.477. The summed E-state index contributed by atoms with van der Waals surface area (Å²) < 4.78 is 0. The van der Waals surface area contributed by atoms with Gasteiger partial charge in [-0.15, -0.1) is 0 Å². The number of imidazole rings is 1. The standard InChI is InChI=1S/C20H22N4S/c1-14-6-2-3-7-16(14)23-20(25)24-12-10-15(11-13-24)19-21-17-8-4-5-9-18(17)22-19/h2-9,15H,10-13H2,1H3,(H,21,22)(H,23,25). The lowest BCUT2D eigenvalue weighted by atomic mass is 9.96. The first-order chi connectivity index (χ1) is 12.2. The maximum Gasteiger partial charge on any atom is 0.173 e. The van der Waals surface area contributed by atoms with Crippen molar-refractivity contribution in [2.45, 2.75) is 25.7 Å². The molecule has 0 atom stereocenters. The van der Waals surface area contributed by atoms with E-state index in [0.717, 1.165) is 53.6 Å². The highest BCUT2D eigenvalue weighted by molar-refractivity contribution is 7.80. The number of rotatable bonds is 2. The molecule has 5 heteroatoms. The molecule has 0 unspecified atom stereocenters. The van der Waals surface area contributed by atoms with E-state index < -0.39 is 0 Å². The van der Waals surface area contributed by atoms with Gasteiger partial charge in [-0.1, -0.05) is 30.3 Å². The summed E-state index contributed by atoms with van der Waals surface area (Å²) in [5.74, 6) is 1.59. The lowest BCUT2D eigenvalue weighted by molar-refractivity contribution is 0.311. The first-order valence-corrected chi connectivity index (χ1v) is 9.18. The van der Waals surface area contributed by atoms with Crippen molar-refractivity contribution in [3.05, 3.63) is 59.9 Å². The van der Waals surface area contributed by atoms with Crippen molar-refractivity contribution in [1.29, 1.82) is 0 Å². The zero-order chi connectivity index (χ0) is 17.2. The molecular formula is C20H22N4S. The number of aromatic nitrogens is 2. The normalized spacial score (nSPS) is 15.5. The molecule has 1 aliphatic heterocycles. The summed E-state index contributed by atoms with van der Waals surface area (Å²) in [6, 6.07) is 16.5. The predicted octanol–water partition coefficient (Wildman–Crippen LogP) is 4.45. The van der Waals surface area contributed by atoms with Gasteiger partial charge in [0, 0.05) is 24.7 Å². The van der Waals surface area contributed by atoms with Crippen LogP contribution < -0.4 is 5.32 Å². The molecule has 1 aromatic heterocycles. The van der Waals surface area contributed by atoms with E-state index in [4.69, 9.17) is 17.2 Å². The van der Waals surface area contributed by atoms with Gasteiger partial charge < -0.3 is 15.2 Å². The maximum atomic E-state index is 5.61. The molecule has 2 N–H and O–H groups in total. The fourth-order valence-corrected chi connectivity index (χ4v) is 3.72. The Kier molecular flexibility index (Phi) is 4.40. The van der Waals surface area contributed by atoms with Crippen LogP contribution in [0.2, 0.25) is 0 Å². The van der Waals surface area contributed by atoms with Gasteiger partial charge in [-0.2, -0.15) is 0 Å². The molecule has 1 aliphatic rings. The molecule has 4 nitrogen and oxygen atoms in total. The van der Waals surface area contributed by atoms with Crippen LogP contribution in [0.15, 0.2) is 48.5 Å². The van der Waals surface area contributed by atoms with Gasteiger partial charge in [0.25, 0.3) is 0 Å². The van der Waals surface area contributed by atoms with Crippen LogP contribution in [0.3, 0.4) is 0 Å². The molecule has 1 saturated heterocycles. The van der Waals surface area contributed by atoms with Gasteiger partial charge in [0.05, 0.1) is 11.0 Å². The van der Waals surface area contributed by atoms with E-state index in [2.05, 4.69) is 46.4 Å². The molecule has 0 saturated carbocycles. The summed E-state index contributed by atoms with van der Waals surface area (Å²) >= 11 is 5.61. The molecule has 2 aromatic carbocycles. The molecule has 1 fully saturated rings. The van der Waals surface area contributed by atoms with Crippen LogP contribution >= 0.6 is 12.2 Å². The maximum absolute atomic E-state index is 5.61. The summed E-state index contributed by atoms with van der Waals surface area (Å²) in [6.45, 7) is 4.01. The summed E-state index contributed by atoms with van der Waals surface area (Å²) in [7, 11) is 0. The number of thiocarbonyl (C=S) groups is 1. The zero-order valence-electron chi connectivity index (χ0n) is 14.3. The van der Waals surface area contributed by atoms with Crippen LogP contribution in [-0.4, -0.2) is 33.1 Å². The van der Waals surface area contributed by atoms with Crippen LogP contribution in [0, 0.1) is 6.92 Å². The molecule has 0 amide bonds. The van der Waals surface area contributed by atoms with E-state index in [1.54, 1.807) is 0 Å². The van der Waals surface area contributed by atoms with Gasteiger partial charge in [0.2, 0.25) is 0 Å². The molecule has 0 aliphatic carbocycles. The van der Waals surface area contributed by atoms with E-state index in [-0.39, 0.29) is 0 Å². The third-order valence-electron chi connectivity index (χ3n) is 4.96. The zero-order valence-corrected chi connectivity index (χ0v) is 15.1. The van der Waals surface area contributed by atoms with Crippen molar-refractivity contribution in [3.63, 3.8) is 0 Å². The fraction of sp³-hybridized carbons (Fsp3) is 0.300. The predicted molar refractivity (Wildman–Crippen MR) is 107 cm³/mol. The van der Waals surface area contributed by atoms with E-state index in [0.29, 0.717) is 5.92 Å². The van der Waals surface area contributed by atoms with Crippen molar-refractivity contribution in [2.75, 3.05) is 18.4 Å². The Morgan fingerprint density at radius 1 is 1.12 bits per heavy atom. The molecule has 0 radical (unpaired) electrons. The van der Waals surface area contributed by atoms with Gasteiger partial charge in [-0.3, -0.25) is 0 Å². The van der Waals surface area contributed by atoms with Crippen molar-refractivity contribution < 1.29 is 0 Å². The third kappa shape index (κ3) is 3.37. The average Bonchev–Trinajstić information content (AvgIpc) is 3.08. The largest absolute Gasteiger partial charge is 0.349 e. The van der Waals surface area contributed by atoms with Gasteiger partial charge in [-0.25, -0.2) is 4.98 Å². The minimum Gasteiger partial charge on any atom is -0.349 e. The Morgan fingerprint density at radius 2 is 1.84 bits per heavy atom. The van der Waals surface area contributed by atoms with Crippen LogP contribution in [0.25, 0.3) is 11.0 Å². The topological polar surface area (TPSA) is 44.0 Å². The Labute approximate surface area is 153 Å². The highest BCUT2D eigenvalue weighted by atomic mass is 32.1. The van der Waals surface area contributed by atoms with Crippen molar-refractivity contribution in [2.24, 2.45) is 0 Å². The lowest BCUT2D eigenvalue weighted by Crippen LogP contribution is -2.40. The van der Waals surface area contributed by atoms with E-state index in [1.165, 1.54) is 5.56 Å². The number of hydrogen-bond acceptors (Lipinski definition) is 2. The van der Waals surface area contributed by atoms with E-state index in [1.807, 2.05) is 24.3 Å². The first kappa shape index (κ1) is 16.1. The second-order valence-corrected chi connectivity index (χ2v) is 7.03. The smallest absolute Gasteiger partial charge is 0.173 e. The Hall–Kier alpha value is -2.40. The second-order valence-electron chi connectivity index (χ2n) is 6.65. The number of H-pyrrole nitrogens is 1. The molecule has 2 heterocycles. The van der Waals surface area contributed by atoms with Crippen LogP contribution in [0.4, 0.5) is 5.69 Å². The Balaban J connectivity index is 1.39. The summed E-state index contributed by atoms with van der Waals surface area (Å²) in [5, 5.41) is 4.21. The summed E-state index contributed by atoms with van der Waals surface area (Å²) in [5.41, 5.74) is 4.47. The van der Waals surface area contributed by atoms with Gasteiger partial charge in [-0.05, 0) is 55.7 Å². The molecule has 25 heavy (non-hydrogen) atoms. The van der Waals surface area contributed by atoms with Crippen molar-refractivity contribution in [3.8, 4) is 0 Å². The van der Waals surface area contributed by atoms with Crippen LogP contribution in [0.1, 0.15) is 30.1 Å². The molecule has 0 spiro atoms. The number of hydrogen-bond donors (Lipinski definition) is 2. The van der Waals surface area contributed by atoms with Crippen molar-refractivity contribution in [1.82, 2.24) is 14.9 Å². The summed E-state index contributed by atoms with van der Waals surface area (Å²) in [4.78, 5) is 10.5. The summed E-state index contributed by atoms with van der Waals surface area (Å²) in [6.07, 6.45) is 2.13. The number of anilines is 1. The number of fused-ring (bicyclic) bond motifs is 1. The molecule has 4 rings (SSSR count). The van der Waals surface area contributed by atoms with Gasteiger partial charge in [0.15, 0.2) is 5.11 Å². The fourth-order valence-electron chi connectivity index (χ4n) is 3.43. The molecule has 0 bridgehead atoms. The SMILES string of the molecule is Cc1ccccc1NC(=S)N1CCC(c2nc3ccccc3[nH]2)CC1. The van der Waals surface area contributed by atoms with Gasteiger partial charge in [0.1, 0.15) is 5.82 Å². The average molecular weight is 350 g/mol. The van der Waals surface area contributed by atoms with Crippen LogP contribution in [-0.2, 0) is 0 Å². The highest BCUT2D eigenvalue weighted by Gasteiger charge is 2.24. The molecule has 128 valence electrons. The monoisotopic (exact) mass is 350 g/mol. The lowest BCUT2D eigenvalue weighted by Gasteiger charge is -2.33.